The smallest absolute Gasteiger partial charge is 0.246 e. The first-order valence-corrected chi connectivity index (χ1v) is 14.9. The van der Waals surface area contributed by atoms with Crippen LogP contribution in [-0.2, 0) is 43.2 Å². The number of hydrogen-bond acceptors (Lipinski definition) is 7. The number of H-pyrrole nitrogens is 2. The van der Waals surface area contributed by atoms with E-state index in [0.717, 1.165) is 5.56 Å². The second kappa shape index (κ2) is 15.6. The minimum Gasteiger partial charge on any atom is -0.348 e. The number of likely N-dealkylation sites (tertiary alicyclic amines) is 1. The summed E-state index contributed by atoms with van der Waals surface area (Å²) in [5, 5.41) is 8.42. The molecule has 4 rings (SSSR count). The third-order valence-corrected chi connectivity index (χ3v) is 7.45. The zero-order valence-electron chi connectivity index (χ0n) is 25.0. The molecule has 13 nitrogen and oxygen atoms in total. The highest BCUT2D eigenvalue weighted by Crippen LogP contribution is 2.20. The Morgan fingerprint density at radius 1 is 0.932 bits per heavy atom. The van der Waals surface area contributed by atoms with Gasteiger partial charge in [-0.2, -0.15) is 0 Å². The summed E-state index contributed by atoms with van der Waals surface area (Å²) < 4.78 is 0. The monoisotopic (exact) mass is 604 g/mol. The number of nitrogens with zero attached hydrogens (tertiary/aromatic N) is 3. The Balaban J connectivity index is 1.49. The minimum atomic E-state index is -1.00. The standard InChI is InChI=1S/C31H40N8O5/c1-20(2)11-28(41)37-26(14-23-16-33-19-35-23)31(44)39-10-6-9-27(39)30(43)38-25(12-21-7-4-3-5-8-21)29(42)36-24(17-40)13-22-15-32-18-34-22/h3-5,7-8,15-20,24-27H,6,9-14H2,1-2H3,(H,32,34)(H,33,35)(H,36,42)(H,37,41)(H,38,43). The summed E-state index contributed by atoms with van der Waals surface area (Å²) in [5.41, 5.74) is 2.17. The van der Waals surface area contributed by atoms with Crippen LogP contribution in [-0.4, -0.2) is 85.5 Å². The number of aromatic nitrogens is 4. The topological polar surface area (TPSA) is 182 Å². The fraction of sp³-hybridized carbons (Fsp3) is 0.452. The Labute approximate surface area is 256 Å². The fourth-order valence-electron chi connectivity index (χ4n) is 5.32. The highest BCUT2D eigenvalue weighted by molar-refractivity contribution is 5.95. The first-order chi connectivity index (χ1) is 21.2. The van der Waals surface area contributed by atoms with E-state index >= 15 is 0 Å². The lowest BCUT2D eigenvalue weighted by molar-refractivity contribution is -0.142. The molecule has 1 fully saturated rings. The summed E-state index contributed by atoms with van der Waals surface area (Å²) in [5.74, 6) is -1.52. The Kier molecular flexibility index (Phi) is 11.4. The molecular weight excluding hydrogens is 564 g/mol. The molecule has 0 spiro atoms. The van der Waals surface area contributed by atoms with Gasteiger partial charge in [0.05, 0.1) is 18.7 Å². The molecule has 13 heteroatoms. The van der Waals surface area contributed by atoms with Crippen molar-refractivity contribution in [3.63, 3.8) is 0 Å². The molecule has 1 saturated heterocycles. The van der Waals surface area contributed by atoms with E-state index in [0.29, 0.717) is 37.1 Å². The van der Waals surface area contributed by atoms with Crippen molar-refractivity contribution >= 4 is 29.9 Å². The zero-order valence-corrected chi connectivity index (χ0v) is 25.0. The first kappa shape index (κ1) is 32.1. The molecule has 0 saturated carbocycles. The van der Waals surface area contributed by atoms with Crippen LogP contribution in [0.2, 0.25) is 0 Å². The zero-order chi connectivity index (χ0) is 31.5. The number of aldehydes is 1. The summed E-state index contributed by atoms with van der Waals surface area (Å²) >= 11 is 0. The summed E-state index contributed by atoms with van der Waals surface area (Å²) in [6.07, 6.45) is 8.64. The molecule has 1 aliphatic heterocycles. The third-order valence-electron chi connectivity index (χ3n) is 7.45. The number of carbonyl (C=O) groups is 5. The van der Waals surface area contributed by atoms with Gasteiger partial charge in [0.15, 0.2) is 0 Å². The van der Waals surface area contributed by atoms with E-state index < -0.39 is 36.0 Å². The maximum Gasteiger partial charge on any atom is 0.246 e. The molecule has 4 unspecified atom stereocenters. The van der Waals surface area contributed by atoms with E-state index in [1.54, 1.807) is 12.4 Å². The molecule has 1 aromatic carbocycles. The molecule has 5 N–H and O–H groups in total. The van der Waals surface area contributed by atoms with E-state index in [2.05, 4.69) is 35.9 Å². The largest absolute Gasteiger partial charge is 0.348 e. The second-order valence-corrected chi connectivity index (χ2v) is 11.5. The predicted octanol–water partition coefficient (Wildman–Crippen LogP) is 0.851. The number of nitrogens with one attached hydrogen (secondary N) is 5. The highest BCUT2D eigenvalue weighted by atomic mass is 16.2. The lowest BCUT2D eigenvalue weighted by atomic mass is 10.0. The van der Waals surface area contributed by atoms with Crippen LogP contribution in [0.25, 0.3) is 0 Å². The van der Waals surface area contributed by atoms with Gasteiger partial charge in [0, 0.05) is 56.0 Å². The average molecular weight is 605 g/mol. The van der Waals surface area contributed by atoms with Crippen LogP contribution in [0.15, 0.2) is 55.4 Å². The van der Waals surface area contributed by atoms with Gasteiger partial charge in [-0.15, -0.1) is 0 Å². The minimum absolute atomic E-state index is 0.106. The Hall–Kier alpha value is -4.81. The second-order valence-electron chi connectivity index (χ2n) is 11.5. The molecule has 234 valence electrons. The van der Waals surface area contributed by atoms with Crippen LogP contribution < -0.4 is 16.0 Å². The lowest BCUT2D eigenvalue weighted by Crippen LogP contribution is -2.57. The van der Waals surface area contributed by atoms with E-state index in [9.17, 15) is 24.0 Å². The molecule has 1 aliphatic rings. The molecule has 0 aliphatic carbocycles. The molecule has 4 atom stereocenters. The van der Waals surface area contributed by atoms with Gasteiger partial charge in [-0.05, 0) is 24.3 Å². The molecule has 2 aromatic heterocycles. The van der Waals surface area contributed by atoms with E-state index in [-0.39, 0.29) is 43.4 Å². The van der Waals surface area contributed by atoms with Gasteiger partial charge < -0.3 is 35.6 Å². The van der Waals surface area contributed by atoms with E-state index in [4.69, 9.17) is 0 Å². The molecule has 0 radical (unpaired) electrons. The summed E-state index contributed by atoms with van der Waals surface area (Å²) in [4.78, 5) is 80.8. The van der Waals surface area contributed by atoms with Crippen LogP contribution in [0.5, 0.6) is 0 Å². The molecule has 0 bridgehead atoms. The Morgan fingerprint density at radius 3 is 2.23 bits per heavy atom. The van der Waals surface area contributed by atoms with E-state index in [1.165, 1.54) is 17.6 Å². The van der Waals surface area contributed by atoms with Crippen molar-refractivity contribution in [2.45, 2.75) is 76.5 Å². The van der Waals surface area contributed by atoms with Crippen molar-refractivity contribution in [1.82, 2.24) is 40.8 Å². The van der Waals surface area contributed by atoms with Gasteiger partial charge in [0.25, 0.3) is 0 Å². The number of rotatable bonds is 15. The fourth-order valence-corrected chi connectivity index (χ4v) is 5.32. The van der Waals surface area contributed by atoms with Crippen LogP contribution in [0.3, 0.4) is 0 Å². The Bertz CT molecular complexity index is 1380. The number of imidazole rings is 2. The molecule has 44 heavy (non-hydrogen) atoms. The van der Waals surface area contributed by atoms with Crippen molar-refractivity contribution in [3.8, 4) is 0 Å². The quantitative estimate of drug-likeness (QED) is 0.159. The number of amides is 4. The summed E-state index contributed by atoms with van der Waals surface area (Å²) in [7, 11) is 0. The van der Waals surface area contributed by atoms with Crippen molar-refractivity contribution in [2.24, 2.45) is 5.92 Å². The number of aromatic amines is 2. The van der Waals surface area contributed by atoms with E-state index in [1.807, 2.05) is 44.2 Å². The van der Waals surface area contributed by atoms with Gasteiger partial charge in [0.2, 0.25) is 23.6 Å². The molecule has 3 heterocycles. The normalized spacial score (nSPS) is 16.6. The number of hydrogen-bond donors (Lipinski definition) is 5. The number of carbonyl (C=O) groups excluding carboxylic acids is 5. The van der Waals surface area contributed by atoms with Crippen molar-refractivity contribution in [2.75, 3.05) is 6.54 Å². The maximum atomic E-state index is 13.8. The third kappa shape index (κ3) is 9.09. The molecule has 4 amide bonds. The lowest BCUT2D eigenvalue weighted by Gasteiger charge is -2.30. The van der Waals surface area contributed by atoms with Gasteiger partial charge in [0.1, 0.15) is 24.4 Å². The summed E-state index contributed by atoms with van der Waals surface area (Å²) in [6, 6.07) is 5.66. The Morgan fingerprint density at radius 2 is 1.61 bits per heavy atom. The van der Waals surface area contributed by atoms with Crippen molar-refractivity contribution in [1.29, 1.82) is 0 Å². The van der Waals surface area contributed by atoms with Gasteiger partial charge in [-0.3, -0.25) is 19.2 Å². The first-order valence-electron chi connectivity index (χ1n) is 14.9. The number of benzene rings is 1. The molecule has 3 aromatic rings. The predicted molar refractivity (Wildman–Crippen MR) is 161 cm³/mol. The summed E-state index contributed by atoms with van der Waals surface area (Å²) in [6.45, 7) is 4.18. The SMILES string of the molecule is CC(C)CC(=O)NC(Cc1cnc[nH]1)C(=O)N1CCCC1C(=O)NC(Cc1ccccc1)C(=O)NC(C=O)Cc1cnc[nH]1. The van der Waals surface area contributed by atoms with Gasteiger partial charge in [-0.1, -0.05) is 44.2 Å². The van der Waals surface area contributed by atoms with Gasteiger partial charge >= 0.3 is 0 Å². The van der Waals surface area contributed by atoms with Crippen LogP contribution in [0.4, 0.5) is 0 Å². The van der Waals surface area contributed by atoms with Crippen molar-refractivity contribution < 1.29 is 24.0 Å². The van der Waals surface area contributed by atoms with Crippen LogP contribution in [0.1, 0.15) is 50.1 Å². The van der Waals surface area contributed by atoms with Crippen LogP contribution >= 0.6 is 0 Å². The highest BCUT2D eigenvalue weighted by Gasteiger charge is 2.39. The van der Waals surface area contributed by atoms with Crippen molar-refractivity contribution in [3.05, 3.63) is 72.3 Å². The van der Waals surface area contributed by atoms with Crippen LogP contribution in [0, 0.1) is 5.92 Å². The molecular formula is C31H40N8O5. The maximum absolute atomic E-state index is 13.8. The van der Waals surface area contributed by atoms with Gasteiger partial charge in [-0.25, -0.2) is 9.97 Å². The average Bonchev–Trinajstić information content (AvgIpc) is 3.79.